The van der Waals surface area contributed by atoms with Gasteiger partial charge in [-0.15, -0.1) is 0 Å². The van der Waals surface area contributed by atoms with Crippen molar-refractivity contribution in [1.82, 2.24) is 0 Å². The highest BCUT2D eigenvalue weighted by Gasteiger charge is 2.43. The van der Waals surface area contributed by atoms with Gasteiger partial charge in [0.2, 0.25) is 6.54 Å². The van der Waals surface area contributed by atoms with E-state index in [1.165, 1.54) is 0 Å². The Morgan fingerprint density at radius 1 is 1.39 bits per heavy atom. The third-order valence-electron chi connectivity index (χ3n) is 4.27. The van der Waals surface area contributed by atoms with Gasteiger partial charge in [0.25, 0.3) is 0 Å². The Bertz CT molecular complexity index is 445. The summed E-state index contributed by atoms with van der Waals surface area (Å²) in [5, 5.41) is 19.9. The number of hydrogen-bond donors (Lipinski definition) is 2. The van der Waals surface area contributed by atoms with Crippen molar-refractivity contribution in [3.8, 4) is 0 Å². The van der Waals surface area contributed by atoms with Crippen LogP contribution < -0.4 is 5.73 Å². The quantitative estimate of drug-likeness (QED) is 0.429. The molecule has 0 aromatic rings. The summed E-state index contributed by atoms with van der Waals surface area (Å²) in [7, 11) is 0. The van der Waals surface area contributed by atoms with E-state index in [0.29, 0.717) is 25.7 Å². The summed E-state index contributed by atoms with van der Waals surface area (Å²) in [5.74, 6) is -1.66. The average Bonchev–Trinajstić information content (AvgIpc) is 2.34. The molecule has 0 radical (unpaired) electrons. The van der Waals surface area contributed by atoms with Crippen molar-refractivity contribution in [2.45, 2.75) is 64.5 Å². The Labute approximate surface area is 135 Å². The highest BCUT2D eigenvalue weighted by Crippen LogP contribution is 2.42. The molecule has 8 nitrogen and oxygen atoms in total. The van der Waals surface area contributed by atoms with E-state index in [1.807, 2.05) is 0 Å². The number of carboxylic acids is 1. The monoisotopic (exact) mass is 330 g/mol. The summed E-state index contributed by atoms with van der Waals surface area (Å²) in [6.45, 7) is 4.90. The van der Waals surface area contributed by atoms with E-state index in [2.05, 4.69) is 0 Å². The van der Waals surface area contributed by atoms with Gasteiger partial charge in [0.1, 0.15) is 11.6 Å². The molecule has 0 spiro atoms. The number of esters is 1. The van der Waals surface area contributed by atoms with Crippen LogP contribution in [0.15, 0.2) is 0 Å². The Kier molecular flexibility index (Phi) is 6.10. The average molecular weight is 330 g/mol. The van der Waals surface area contributed by atoms with Gasteiger partial charge in [0.15, 0.2) is 0 Å². The summed E-state index contributed by atoms with van der Waals surface area (Å²) in [6, 6.07) is -0.785. The van der Waals surface area contributed by atoms with Crippen molar-refractivity contribution >= 4 is 11.9 Å². The van der Waals surface area contributed by atoms with Crippen LogP contribution in [0.25, 0.3) is 0 Å². The number of aliphatic carboxylic acids is 1. The predicted molar refractivity (Wildman–Crippen MR) is 82.3 cm³/mol. The first-order valence-electron chi connectivity index (χ1n) is 7.76. The van der Waals surface area contributed by atoms with Crippen molar-refractivity contribution in [3.63, 3.8) is 0 Å². The standard InChI is InChI=1S/C15H26N2O6/c1-14(2,3)23-13(20)12(16)10-4-6-15(7-5-10,8-11(18)19)9-17(21)22/h10,12H,4-9,16H2,1-3H3,(H,18,19). The minimum absolute atomic E-state index is 0.140. The van der Waals surface area contributed by atoms with Gasteiger partial charge >= 0.3 is 11.9 Å². The lowest BCUT2D eigenvalue weighted by molar-refractivity contribution is -0.499. The molecule has 8 heteroatoms. The minimum Gasteiger partial charge on any atom is -0.481 e. The first-order valence-corrected chi connectivity index (χ1v) is 7.76. The van der Waals surface area contributed by atoms with Crippen LogP contribution in [-0.2, 0) is 14.3 Å². The van der Waals surface area contributed by atoms with E-state index in [-0.39, 0.29) is 18.9 Å². The number of nitrogens with two attached hydrogens (primary N) is 1. The molecule has 1 fully saturated rings. The molecular formula is C15H26N2O6. The van der Waals surface area contributed by atoms with E-state index < -0.39 is 33.9 Å². The zero-order chi connectivity index (χ0) is 17.8. The number of carbonyl (C=O) groups excluding carboxylic acids is 1. The molecule has 1 aliphatic carbocycles. The first-order chi connectivity index (χ1) is 10.4. The van der Waals surface area contributed by atoms with Gasteiger partial charge in [-0.25, -0.2) is 0 Å². The smallest absolute Gasteiger partial charge is 0.323 e. The van der Waals surface area contributed by atoms with Crippen LogP contribution in [0.5, 0.6) is 0 Å². The first kappa shape index (κ1) is 19.3. The summed E-state index contributed by atoms with van der Waals surface area (Å²) < 4.78 is 5.27. The molecule has 0 aliphatic heterocycles. The lowest BCUT2D eigenvalue weighted by Gasteiger charge is -2.38. The maximum absolute atomic E-state index is 12.0. The van der Waals surface area contributed by atoms with Gasteiger partial charge in [-0.05, 0) is 52.4 Å². The molecule has 1 aliphatic rings. The number of nitrogens with zero attached hydrogens (tertiary/aromatic N) is 1. The van der Waals surface area contributed by atoms with Crippen molar-refractivity contribution in [2.24, 2.45) is 17.1 Å². The van der Waals surface area contributed by atoms with E-state index >= 15 is 0 Å². The lowest BCUT2D eigenvalue weighted by atomic mass is 9.67. The fraction of sp³-hybridized carbons (Fsp3) is 0.867. The molecule has 0 amide bonds. The second-order valence-electron chi connectivity index (χ2n) is 7.46. The highest BCUT2D eigenvalue weighted by atomic mass is 16.6. The van der Waals surface area contributed by atoms with E-state index in [4.69, 9.17) is 15.6 Å². The highest BCUT2D eigenvalue weighted by molar-refractivity contribution is 5.76. The van der Waals surface area contributed by atoms with Crippen LogP contribution in [0, 0.1) is 21.4 Å². The van der Waals surface area contributed by atoms with Crippen LogP contribution in [0.2, 0.25) is 0 Å². The molecule has 1 unspecified atom stereocenters. The largest absolute Gasteiger partial charge is 0.481 e. The van der Waals surface area contributed by atoms with Gasteiger partial charge < -0.3 is 15.6 Å². The van der Waals surface area contributed by atoms with E-state index in [9.17, 15) is 19.7 Å². The van der Waals surface area contributed by atoms with Crippen LogP contribution in [-0.4, -0.2) is 40.2 Å². The zero-order valence-electron chi connectivity index (χ0n) is 13.9. The molecule has 132 valence electrons. The SMILES string of the molecule is CC(C)(C)OC(=O)C(N)C1CCC(CC(=O)O)(C[N+](=O)[O-])CC1. The van der Waals surface area contributed by atoms with Gasteiger partial charge in [0, 0.05) is 10.3 Å². The van der Waals surface area contributed by atoms with Crippen molar-refractivity contribution in [1.29, 1.82) is 0 Å². The minimum atomic E-state index is -1.04. The fourth-order valence-electron chi connectivity index (χ4n) is 3.16. The van der Waals surface area contributed by atoms with Crippen LogP contribution in [0.4, 0.5) is 0 Å². The topological polar surface area (TPSA) is 133 Å². The Morgan fingerprint density at radius 3 is 2.30 bits per heavy atom. The summed E-state index contributed by atoms with van der Waals surface area (Å²) in [4.78, 5) is 33.4. The van der Waals surface area contributed by atoms with Crippen molar-refractivity contribution < 1.29 is 24.4 Å². The molecule has 23 heavy (non-hydrogen) atoms. The number of carboxylic acid groups (broad SMARTS) is 1. The molecule has 0 saturated heterocycles. The van der Waals surface area contributed by atoms with E-state index in [1.54, 1.807) is 20.8 Å². The van der Waals surface area contributed by atoms with Crippen LogP contribution in [0.1, 0.15) is 52.9 Å². The number of carbonyl (C=O) groups is 2. The predicted octanol–water partition coefficient (Wildman–Crippen LogP) is 1.58. The number of nitro groups is 1. The normalized spacial score (nSPS) is 26.3. The summed E-state index contributed by atoms with van der Waals surface area (Å²) in [5.41, 5.74) is 4.49. The van der Waals surface area contributed by atoms with Gasteiger partial charge in [-0.2, -0.15) is 0 Å². The lowest BCUT2D eigenvalue weighted by Crippen LogP contribution is -2.46. The molecule has 0 aromatic carbocycles. The number of rotatable bonds is 6. The summed E-state index contributed by atoms with van der Waals surface area (Å²) >= 11 is 0. The molecule has 1 atom stereocenters. The zero-order valence-corrected chi connectivity index (χ0v) is 13.9. The third kappa shape index (κ3) is 6.13. The molecule has 0 bridgehead atoms. The molecule has 0 aromatic heterocycles. The maximum Gasteiger partial charge on any atom is 0.323 e. The fourth-order valence-corrected chi connectivity index (χ4v) is 3.16. The third-order valence-corrected chi connectivity index (χ3v) is 4.27. The Hall–Kier alpha value is -1.70. The maximum atomic E-state index is 12.0. The van der Waals surface area contributed by atoms with Crippen molar-refractivity contribution in [3.05, 3.63) is 10.1 Å². The van der Waals surface area contributed by atoms with Crippen LogP contribution in [0.3, 0.4) is 0 Å². The van der Waals surface area contributed by atoms with Gasteiger partial charge in [0.05, 0.1) is 6.42 Å². The summed E-state index contributed by atoms with van der Waals surface area (Å²) in [6.07, 6.45) is 1.49. The second kappa shape index (κ2) is 7.25. The molecular weight excluding hydrogens is 304 g/mol. The second-order valence-corrected chi connectivity index (χ2v) is 7.46. The van der Waals surface area contributed by atoms with Crippen LogP contribution >= 0.6 is 0 Å². The molecule has 3 N–H and O–H groups in total. The molecule has 1 saturated carbocycles. The Balaban J connectivity index is 2.69. The van der Waals surface area contributed by atoms with Gasteiger partial charge in [-0.1, -0.05) is 0 Å². The molecule has 0 heterocycles. The molecule has 1 rings (SSSR count). The Morgan fingerprint density at radius 2 is 1.91 bits per heavy atom. The van der Waals surface area contributed by atoms with Crippen molar-refractivity contribution in [2.75, 3.05) is 6.54 Å². The van der Waals surface area contributed by atoms with Gasteiger partial charge in [-0.3, -0.25) is 19.7 Å². The number of ether oxygens (including phenoxy) is 1. The number of hydrogen-bond acceptors (Lipinski definition) is 6. The van der Waals surface area contributed by atoms with E-state index in [0.717, 1.165) is 0 Å².